The Kier molecular flexibility index (Phi) is 7.61. The monoisotopic (exact) mass is 431 g/mol. The molecule has 0 atom stereocenters. The van der Waals surface area contributed by atoms with Crippen LogP contribution in [0, 0.1) is 6.92 Å². The molecule has 2 aromatic carbocycles. The predicted octanol–water partition coefficient (Wildman–Crippen LogP) is 2.51. The molecule has 0 unspecified atom stereocenters. The molecule has 0 aliphatic heterocycles. The second-order valence-corrected chi connectivity index (χ2v) is 9.27. The van der Waals surface area contributed by atoms with Crippen LogP contribution in [0.4, 0.5) is 5.69 Å². The summed E-state index contributed by atoms with van der Waals surface area (Å²) < 4.78 is 25.9. The van der Waals surface area contributed by atoms with Crippen molar-refractivity contribution in [1.82, 2.24) is 9.80 Å². The lowest BCUT2D eigenvalue weighted by Crippen LogP contribution is -2.42. The predicted molar refractivity (Wildman–Crippen MR) is 119 cm³/mol. The molecule has 0 saturated heterocycles. The van der Waals surface area contributed by atoms with Gasteiger partial charge in [0.25, 0.3) is 5.91 Å². The van der Waals surface area contributed by atoms with Gasteiger partial charge in [0.1, 0.15) is 6.54 Å². The molecule has 0 heterocycles. The summed E-state index contributed by atoms with van der Waals surface area (Å²) >= 11 is 0. The van der Waals surface area contributed by atoms with Gasteiger partial charge in [-0.15, -0.1) is 0 Å². The third-order valence-electron chi connectivity index (χ3n) is 4.78. The largest absolute Gasteiger partial charge is 0.345 e. The summed E-state index contributed by atoms with van der Waals surface area (Å²) in [4.78, 5) is 28.1. The first-order valence-corrected chi connectivity index (χ1v) is 11.5. The molecule has 0 fully saturated rings. The minimum atomic E-state index is -3.63. The highest BCUT2D eigenvalue weighted by Crippen LogP contribution is 2.22. The van der Waals surface area contributed by atoms with E-state index in [1.807, 2.05) is 38.1 Å². The molecule has 0 N–H and O–H groups in total. The lowest BCUT2D eigenvalue weighted by atomic mass is 10.1. The van der Waals surface area contributed by atoms with Crippen LogP contribution < -0.4 is 4.31 Å². The van der Waals surface area contributed by atoms with E-state index in [1.165, 1.54) is 4.90 Å². The average molecular weight is 432 g/mol. The molecule has 162 valence electrons. The molecule has 2 aromatic rings. The second kappa shape index (κ2) is 9.75. The number of likely N-dealkylation sites (N-methyl/N-ethyl adjacent to an activating group) is 1. The highest BCUT2D eigenvalue weighted by atomic mass is 32.2. The summed E-state index contributed by atoms with van der Waals surface area (Å²) in [5, 5.41) is 0. The van der Waals surface area contributed by atoms with Gasteiger partial charge in [-0.05, 0) is 43.2 Å². The van der Waals surface area contributed by atoms with Crippen molar-refractivity contribution in [2.24, 2.45) is 0 Å². The zero-order valence-electron chi connectivity index (χ0n) is 18.1. The van der Waals surface area contributed by atoms with E-state index in [0.29, 0.717) is 24.3 Å². The van der Waals surface area contributed by atoms with E-state index in [4.69, 9.17) is 0 Å². The molecule has 0 aliphatic rings. The van der Waals surface area contributed by atoms with E-state index in [1.54, 1.807) is 43.3 Å². The number of hydrogen-bond donors (Lipinski definition) is 0. The van der Waals surface area contributed by atoms with Crippen LogP contribution in [-0.2, 0) is 21.4 Å². The zero-order chi connectivity index (χ0) is 22.5. The maximum absolute atomic E-state index is 12.9. The number of nitrogens with zero attached hydrogens (tertiary/aromatic N) is 3. The Hall–Kier alpha value is -2.87. The number of aryl methyl sites for hydroxylation is 1. The number of sulfonamides is 1. The van der Waals surface area contributed by atoms with E-state index in [9.17, 15) is 18.0 Å². The van der Waals surface area contributed by atoms with Gasteiger partial charge in [0.2, 0.25) is 15.9 Å². The van der Waals surface area contributed by atoms with Gasteiger partial charge in [-0.1, -0.05) is 30.3 Å². The van der Waals surface area contributed by atoms with Crippen LogP contribution in [-0.4, -0.2) is 63.5 Å². The van der Waals surface area contributed by atoms with Crippen LogP contribution in [0.15, 0.2) is 48.5 Å². The topological polar surface area (TPSA) is 78.0 Å². The van der Waals surface area contributed by atoms with Crippen molar-refractivity contribution in [1.29, 1.82) is 0 Å². The molecule has 2 rings (SSSR count). The van der Waals surface area contributed by atoms with Crippen LogP contribution >= 0.6 is 0 Å². The Labute approximate surface area is 179 Å². The molecule has 2 amide bonds. The van der Waals surface area contributed by atoms with E-state index >= 15 is 0 Å². The molecule has 30 heavy (non-hydrogen) atoms. The van der Waals surface area contributed by atoms with Gasteiger partial charge < -0.3 is 9.80 Å². The summed E-state index contributed by atoms with van der Waals surface area (Å²) in [7, 11) is -0.249. The van der Waals surface area contributed by atoms with Crippen LogP contribution in [0.5, 0.6) is 0 Å². The standard InChI is InChI=1S/C22H29N3O4S/c1-6-24(15-18-11-13-19(14-12-18)22(27)23(3)4)21(26)16-25(30(5,28)29)20-10-8-7-9-17(20)2/h7-14H,6,15-16H2,1-5H3. The molecule has 0 bridgehead atoms. The van der Waals surface area contributed by atoms with Gasteiger partial charge in [0.05, 0.1) is 11.9 Å². The smallest absolute Gasteiger partial charge is 0.253 e. The number of amides is 2. The molecular formula is C22H29N3O4S. The zero-order valence-corrected chi connectivity index (χ0v) is 18.9. The maximum atomic E-state index is 12.9. The summed E-state index contributed by atoms with van der Waals surface area (Å²) in [6.45, 7) is 4.15. The van der Waals surface area contributed by atoms with Crippen molar-refractivity contribution in [2.45, 2.75) is 20.4 Å². The Morgan fingerprint density at radius 2 is 1.57 bits per heavy atom. The Balaban J connectivity index is 2.18. The number of carbonyl (C=O) groups is 2. The Morgan fingerprint density at radius 3 is 2.07 bits per heavy atom. The third kappa shape index (κ3) is 5.82. The van der Waals surface area contributed by atoms with Crippen molar-refractivity contribution in [2.75, 3.05) is 37.7 Å². The van der Waals surface area contributed by atoms with E-state index in [2.05, 4.69) is 0 Å². The summed E-state index contributed by atoms with van der Waals surface area (Å²) in [6, 6.07) is 14.2. The summed E-state index contributed by atoms with van der Waals surface area (Å²) in [5.41, 5.74) is 2.71. The maximum Gasteiger partial charge on any atom is 0.253 e. The number of benzene rings is 2. The normalized spacial score (nSPS) is 11.1. The Morgan fingerprint density at radius 1 is 0.967 bits per heavy atom. The number of para-hydroxylation sites is 1. The van der Waals surface area contributed by atoms with Gasteiger partial charge in [0, 0.05) is 32.7 Å². The number of rotatable bonds is 8. The average Bonchev–Trinajstić information content (AvgIpc) is 2.69. The fourth-order valence-electron chi connectivity index (χ4n) is 3.05. The highest BCUT2D eigenvalue weighted by molar-refractivity contribution is 7.92. The highest BCUT2D eigenvalue weighted by Gasteiger charge is 2.24. The van der Waals surface area contributed by atoms with Crippen LogP contribution in [0.3, 0.4) is 0 Å². The minimum absolute atomic E-state index is 0.0907. The van der Waals surface area contributed by atoms with Crippen LogP contribution in [0.2, 0.25) is 0 Å². The Bertz CT molecular complexity index is 1000. The minimum Gasteiger partial charge on any atom is -0.345 e. The lowest BCUT2D eigenvalue weighted by molar-refractivity contribution is -0.129. The fourth-order valence-corrected chi connectivity index (χ4v) is 3.96. The number of hydrogen-bond acceptors (Lipinski definition) is 4. The summed E-state index contributed by atoms with van der Waals surface area (Å²) in [6.07, 6.45) is 1.10. The first-order valence-electron chi connectivity index (χ1n) is 9.66. The lowest BCUT2D eigenvalue weighted by Gasteiger charge is -2.28. The quantitative estimate of drug-likeness (QED) is 0.643. The van der Waals surface area contributed by atoms with Gasteiger partial charge in [-0.25, -0.2) is 8.42 Å². The van der Waals surface area contributed by atoms with Crippen LogP contribution in [0.1, 0.15) is 28.4 Å². The second-order valence-electron chi connectivity index (χ2n) is 7.36. The third-order valence-corrected chi connectivity index (χ3v) is 5.90. The first kappa shape index (κ1) is 23.4. The van der Waals surface area contributed by atoms with Gasteiger partial charge >= 0.3 is 0 Å². The fraction of sp³-hybridized carbons (Fsp3) is 0.364. The molecule has 0 spiro atoms. The molecule has 7 nitrogen and oxygen atoms in total. The van der Waals surface area contributed by atoms with E-state index in [-0.39, 0.29) is 18.4 Å². The van der Waals surface area contributed by atoms with Crippen molar-refractivity contribution in [3.8, 4) is 0 Å². The van der Waals surface area contributed by atoms with Crippen molar-refractivity contribution >= 4 is 27.5 Å². The van der Waals surface area contributed by atoms with Gasteiger partial charge in [-0.2, -0.15) is 0 Å². The van der Waals surface area contributed by atoms with Crippen molar-refractivity contribution in [3.63, 3.8) is 0 Å². The van der Waals surface area contributed by atoms with Crippen LogP contribution in [0.25, 0.3) is 0 Å². The molecule has 0 radical (unpaired) electrons. The number of anilines is 1. The van der Waals surface area contributed by atoms with E-state index in [0.717, 1.165) is 21.7 Å². The molecular weight excluding hydrogens is 402 g/mol. The first-order chi connectivity index (χ1) is 14.0. The molecule has 8 heteroatoms. The molecule has 0 saturated carbocycles. The summed E-state index contributed by atoms with van der Waals surface area (Å²) in [5.74, 6) is -0.383. The van der Waals surface area contributed by atoms with Gasteiger partial charge in [0.15, 0.2) is 0 Å². The number of carbonyl (C=O) groups excluding carboxylic acids is 2. The van der Waals surface area contributed by atoms with Gasteiger partial charge in [-0.3, -0.25) is 13.9 Å². The van der Waals surface area contributed by atoms with Crippen molar-refractivity contribution < 1.29 is 18.0 Å². The van der Waals surface area contributed by atoms with Crippen molar-refractivity contribution in [3.05, 3.63) is 65.2 Å². The SMILES string of the molecule is CCN(Cc1ccc(C(=O)N(C)C)cc1)C(=O)CN(c1ccccc1C)S(C)(=O)=O. The molecule has 0 aromatic heterocycles. The molecule has 0 aliphatic carbocycles. The van der Waals surface area contributed by atoms with E-state index < -0.39 is 10.0 Å².